The Kier molecular flexibility index (Phi) is 7.04. The Morgan fingerprint density at radius 1 is 1.31 bits per heavy atom. The van der Waals surface area contributed by atoms with Gasteiger partial charge in [0.2, 0.25) is 0 Å². The number of methoxy groups -OCH3 is 1. The lowest BCUT2D eigenvalue weighted by Gasteiger charge is -2.27. The second kappa shape index (κ2) is 9.90. The SMILES string of the molecule is COc1cc(C=NCC(O)CNc2ccc(N3CCOCC3=O)cc2)ccc1O. The van der Waals surface area contributed by atoms with Gasteiger partial charge >= 0.3 is 0 Å². The van der Waals surface area contributed by atoms with Crippen LogP contribution >= 0.6 is 0 Å². The number of aliphatic hydroxyl groups excluding tert-OH is 1. The van der Waals surface area contributed by atoms with Gasteiger partial charge in [-0.3, -0.25) is 9.79 Å². The Morgan fingerprint density at radius 3 is 2.83 bits per heavy atom. The number of amides is 1. The summed E-state index contributed by atoms with van der Waals surface area (Å²) in [6, 6.07) is 12.4. The predicted molar refractivity (Wildman–Crippen MR) is 111 cm³/mol. The van der Waals surface area contributed by atoms with Crippen molar-refractivity contribution in [1.82, 2.24) is 0 Å². The quantitative estimate of drug-likeness (QED) is 0.584. The third kappa shape index (κ3) is 5.69. The van der Waals surface area contributed by atoms with Gasteiger partial charge in [-0.15, -0.1) is 0 Å². The first-order valence-corrected chi connectivity index (χ1v) is 9.34. The molecule has 3 rings (SSSR count). The molecule has 2 aromatic carbocycles. The summed E-state index contributed by atoms with van der Waals surface area (Å²) in [4.78, 5) is 17.8. The molecule has 1 saturated heterocycles. The molecule has 8 nitrogen and oxygen atoms in total. The first-order valence-electron chi connectivity index (χ1n) is 9.34. The molecular formula is C21H25N3O5. The number of rotatable bonds is 8. The highest BCUT2D eigenvalue weighted by molar-refractivity contribution is 5.95. The molecule has 2 aromatic rings. The molecule has 1 atom stereocenters. The van der Waals surface area contributed by atoms with Crippen molar-refractivity contribution in [1.29, 1.82) is 0 Å². The van der Waals surface area contributed by atoms with Crippen LogP contribution in [0, 0.1) is 0 Å². The summed E-state index contributed by atoms with van der Waals surface area (Å²) in [5.41, 5.74) is 2.45. The molecular weight excluding hydrogens is 374 g/mol. The monoisotopic (exact) mass is 399 g/mol. The van der Waals surface area contributed by atoms with E-state index in [-0.39, 0.29) is 24.8 Å². The van der Waals surface area contributed by atoms with E-state index in [1.54, 1.807) is 23.2 Å². The summed E-state index contributed by atoms with van der Waals surface area (Å²) >= 11 is 0. The summed E-state index contributed by atoms with van der Waals surface area (Å²) in [5, 5.41) is 22.9. The van der Waals surface area contributed by atoms with Crippen molar-refractivity contribution in [3.8, 4) is 11.5 Å². The van der Waals surface area contributed by atoms with Gasteiger partial charge in [0, 0.05) is 30.7 Å². The van der Waals surface area contributed by atoms with Crippen molar-refractivity contribution in [2.24, 2.45) is 4.99 Å². The van der Waals surface area contributed by atoms with Crippen LogP contribution in [0.1, 0.15) is 5.56 Å². The maximum Gasteiger partial charge on any atom is 0.253 e. The number of nitrogens with one attached hydrogen (secondary N) is 1. The van der Waals surface area contributed by atoms with E-state index in [1.807, 2.05) is 24.3 Å². The van der Waals surface area contributed by atoms with E-state index in [2.05, 4.69) is 10.3 Å². The Bertz CT molecular complexity index is 854. The number of nitrogens with zero attached hydrogens (tertiary/aromatic N) is 2. The number of carbonyl (C=O) groups is 1. The fourth-order valence-corrected chi connectivity index (χ4v) is 2.90. The maximum atomic E-state index is 11.9. The molecule has 1 amide bonds. The molecule has 1 fully saturated rings. The number of aliphatic imine (C=N–C) groups is 1. The topological polar surface area (TPSA) is 104 Å². The molecule has 154 valence electrons. The van der Waals surface area contributed by atoms with Gasteiger partial charge in [0.1, 0.15) is 6.61 Å². The van der Waals surface area contributed by atoms with Crippen molar-refractivity contribution in [2.45, 2.75) is 6.10 Å². The van der Waals surface area contributed by atoms with Crippen molar-refractivity contribution in [3.63, 3.8) is 0 Å². The number of benzene rings is 2. The van der Waals surface area contributed by atoms with E-state index in [9.17, 15) is 15.0 Å². The van der Waals surface area contributed by atoms with Gasteiger partial charge in [0.05, 0.1) is 26.4 Å². The van der Waals surface area contributed by atoms with E-state index in [0.717, 1.165) is 16.9 Å². The van der Waals surface area contributed by atoms with Crippen LogP contribution in [0.25, 0.3) is 0 Å². The van der Waals surface area contributed by atoms with E-state index in [1.165, 1.54) is 13.2 Å². The lowest BCUT2D eigenvalue weighted by Crippen LogP contribution is -2.41. The highest BCUT2D eigenvalue weighted by Gasteiger charge is 2.19. The fraction of sp³-hybridized carbons (Fsp3) is 0.333. The van der Waals surface area contributed by atoms with Crippen LogP contribution in [-0.4, -0.2) is 68.4 Å². The number of ether oxygens (including phenoxy) is 2. The lowest BCUT2D eigenvalue weighted by molar-refractivity contribution is -0.125. The number of carbonyl (C=O) groups excluding carboxylic acids is 1. The van der Waals surface area contributed by atoms with E-state index in [4.69, 9.17) is 9.47 Å². The van der Waals surface area contributed by atoms with Crippen LogP contribution < -0.4 is 15.0 Å². The predicted octanol–water partition coefficient (Wildman–Crippen LogP) is 1.66. The summed E-state index contributed by atoms with van der Waals surface area (Å²) < 4.78 is 10.2. The van der Waals surface area contributed by atoms with Crippen molar-refractivity contribution < 1.29 is 24.5 Å². The molecule has 1 unspecified atom stereocenters. The molecule has 0 aromatic heterocycles. The third-order valence-electron chi connectivity index (χ3n) is 4.47. The van der Waals surface area contributed by atoms with Crippen LogP contribution in [0.3, 0.4) is 0 Å². The van der Waals surface area contributed by atoms with E-state index in [0.29, 0.717) is 25.4 Å². The Hall–Kier alpha value is -3.10. The van der Waals surface area contributed by atoms with Gasteiger partial charge in [-0.2, -0.15) is 0 Å². The number of hydrogen-bond acceptors (Lipinski definition) is 7. The van der Waals surface area contributed by atoms with Gasteiger partial charge < -0.3 is 29.9 Å². The number of aliphatic hydroxyl groups is 1. The van der Waals surface area contributed by atoms with Crippen LogP contribution in [0.2, 0.25) is 0 Å². The average Bonchev–Trinajstić information content (AvgIpc) is 2.74. The summed E-state index contributed by atoms with van der Waals surface area (Å²) in [6.07, 6.45) is 0.963. The molecule has 8 heteroatoms. The van der Waals surface area contributed by atoms with Gasteiger partial charge in [-0.05, 0) is 48.0 Å². The van der Waals surface area contributed by atoms with Gasteiger partial charge in [0.15, 0.2) is 11.5 Å². The van der Waals surface area contributed by atoms with Gasteiger partial charge in [-0.1, -0.05) is 0 Å². The molecule has 3 N–H and O–H groups in total. The molecule has 0 spiro atoms. The van der Waals surface area contributed by atoms with E-state index < -0.39 is 6.10 Å². The number of aromatic hydroxyl groups is 1. The normalized spacial score (nSPS) is 15.5. The summed E-state index contributed by atoms with van der Waals surface area (Å²) in [7, 11) is 1.48. The van der Waals surface area contributed by atoms with Crippen molar-refractivity contribution >= 4 is 23.5 Å². The summed E-state index contributed by atoms with van der Waals surface area (Å²) in [6.45, 7) is 1.77. The largest absolute Gasteiger partial charge is 0.504 e. The number of phenolic OH excluding ortho intramolecular Hbond substituents is 1. The van der Waals surface area contributed by atoms with Crippen LogP contribution in [0.15, 0.2) is 47.5 Å². The Labute approximate surface area is 169 Å². The minimum atomic E-state index is -0.661. The maximum absolute atomic E-state index is 11.9. The average molecular weight is 399 g/mol. The Balaban J connectivity index is 1.46. The first-order chi connectivity index (χ1) is 14.1. The molecule has 0 saturated carbocycles. The second-order valence-corrected chi connectivity index (χ2v) is 6.61. The molecule has 0 radical (unpaired) electrons. The molecule has 0 bridgehead atoms. The highest BCUT2D eigenvalue weighted by Crippen LogP contribution is 2.25. The van der Waals surface area contributed by atoms with Crippen LogP contribution in [0.5, 0.6) is 11.5 Å². The first kappa shape index (κ1) is 20.6. The second-order valence-electron chi connectivity index (χ2n) is 6.61. The molecule has 1 aliphatic heterocycles. The zero-order chi connectivity index (χ0) is 20.6. The standard InChI is InChI=1S/C21H25N3O5/c1-28-20-10-15(2-7-19(20)26)11-22-12-18(25)13-23-16-3-5-17(6-4-16)24-8-9-29-14-21(24)27/h2-7,10-11,18,23,25-26H,8-9,12-14H2,1H3. The number of phenols is 1. The zero-order valence-electron chi connectivity index (χ0n) is 16.2. The van der Waals surface area contributed by atoms with Crippen molar-refractivity contribution in [2.75, 3.05) is 50.2 Å². The molecule has 29 heavy (non-hydrogen) atoms. The number of anilines is 2. The lowest BCUT2D eigenvalue weighted by atomic mass is 10.2. The van der Waals surface area contributed by atoms with Gasteiger partial charge in [-0.25, -0.2) is 0 Å². The summed E-state index contributed by atoms with van der Waals surface area (Å²) in [5.74, 6) is 0.396. The Morgan fingerprint density at radius 2 is 2.10 bits per heavy atom. The number of morpholine rings is 1. The minimum Gasteiger partial charge on any atom is -0.504 e. The van der Waals surface area contributed by atoms with Crippen LogP contribution in [-0.2, 0) is 9.53 Å². The van der Waals surface area contributed by atoms with E-state index >= 15 is 0 Å². The highest BCUT2D eigenvalue weighted by atomic mass is 16.5. The molecule has 1 heterocycles. The third-order valence-corrected chi connectivity index (χ3v) is 4.47. The molecule has 1 aliphatic rings. The smallest absolute Gasteiger partial charge is 0.253 e. The van der Waals surface area contributed by atoms with Crippen LogP contribution in [0.4, 0.5) is 11.4 Å². The zero-order valence-corrected chi connectivity index (χ0v) is 16.2. The fourth-order valence-electron chi connectivity index (χ4n) is 2.90. The van der Waals surface area contributed by atoms with Gasteiger partial charge in [0.25, 0.3) is 5.91 Å². The molecule has 0 aliphatic carbocycles. The van der Waals surface area contributed by atoms with Crippen molar-refractivity contribution in [3.05, 3.63) is 48.0 Å². The minimum absolute atomic E-state index is 0.0449. The number of hydrogen-bond donors (Lipinski definition) is 3.